The summed E-state index contributed by atoms with van der Waals surface area (Å²) in [6.45, 7) is 5.80. The van der Waals surface area contributed by atoms with Gasteiger partial charge >= 0.3 is 0 Å². The molecule has 0 aliphatic heterocycles. The summed E-state index contributed by atoms with van der Waals surface area (Å²) in [6, 6.07) is -0.0841. The monoisotopic (exact) mass is 211 g/mol. The second kappa shape index (κ2) is 6.87. The molecule has 0 aromatic rings. The zero-order chi connectivity index (χ0) is 11.9. The lowest BCUT2D eigenvalue weighted by atomic mass is 9.98. The maximum absolute atomic E-state index is 9.91. The quantitative estimate of drug-likeness (QED) is 0.557. The van der Waals surface area contributed by atoms with Crippen LogP contribution < -0.4 is 0 Å². The van der Waals surface area contributed by atoms with E-state index in [-0.39, 0.29) is 6.04 Å². The van der Waals surface area contributed by atoms with Crippen LogP contribution in [0, 0.1) is 11.8 Å². The number of aliphatic hydroxyl groups is 1. The van der Waals surface area contributed by atoms with Crippen LogP contribution in [0.3, 0.4) is 0 Å². The molecule has 0 rings (SSSR count). The van der Waals surface area contributed by atoms with Gasteiger partial charge in [-0.2, -0.15) is 0 Å². The number of hydrogen-bond acceptors (Lipinski definition) is 2. The molecule has 0 aliphatic carbocycles. The summed E-state index contributed by atoms with van der Waals surface area (Å²) in [5.41, 5.74) is -0.763. The summed E-state index contributed by atoms with van der Waals surface area (Å²) in [5, 5.41) is 9.91. The van der Waals surface area contributed by atoms with Crippen LogP contribution >= 0.6 is 0 Å². The smallest absolute Gasteiger partial charge is 0.0995 e. The van der Waals surface area contributed by atoms with E-state index in [1.54, 1.807) is 13.8 Å². The van der Waals surface area contributed by atoms with Gasteiger partial charge in [0.2, 0.25) is 0 Å². The highest BCUT2D eigenvalue weighted by molar-refractivity contribution is 5.12. The van der Waals surface area contributed by atoms with Gasteiger partial charge < -0.3 is 5.11 Å². The molecule has 0 aromatic heterocycles. The van der Waals surface area contributed by atoms with Crippen molar-refractivity contribution in [2.45, 2.75) is 58.1 Å². The number of rotatable bonds is 5. The van der Waals surface area contributed by atoms with E-state index in [2.05, 4.69) is 18.8 Å². The molecular weight excluding hydrogens is 186 g/mol. The zero-order valence-electron chi connectivity index (χ0n) is 10.8. The Bertz CT molecular complexity index is 217. The highest BCUT2D eigenvalue weighted by Crippen LogP contribution is 2.12. The van der Waals surface area contributed by atoms with Crippen LogP contribution in [-0.2, 0) is 0 Å². The van der Waals surface area contributed by atoms with Crippen molar-refractivity contribution in [3.63, 3.8) is 0 Å². The minimum Gasteiger partial charge on any atom is -0.388 e. The lowest BCUT2D eigenvalue weighted by Crippen LogP contribution is -2.45. The van der Waals surface area contributed by atoms with Gasteiger partial charge in [-0.05, 0) is 34.4 Å². The van der Waals surface area contributed by atoms with Crippen LogP contribution in [0.1, 0.15) is 46.5 Å². The largest absolute Gasteiger partial charge is 0.388 e. The van der Waals surface area contributed by atoms with E-state index < -0.39 is 5.60 Å². The van der Waals surface area contributed by atoms with Crippen molar-refractivity contribution in [2.24, 2.45) is 0 Å². The Balaban J connectivity index is 4.17. The fourth-order valence-corrected chi connectivity index (χ4v) is 1.57. The molecule has 1 N–H and O–H groups in total. The second-order valence-electron chi connectivity index (χ2n) is 4.80. The van der Waals surface area contributed by atoms with Gasteiger partial charge in [-0.1, -0.05) is 25.7 Å². The summed E-state index contributed by atoms with van der Waals surface area (Å²) in [5.74, 6) is 6.30. The third kappa shape index (κ3) is 6.54. The van der Waals surface area contributed by atoms with Crippen LogP contribution in [0.2, 0.25) is 0 Å². The summed E-state index contributed by atoms with van der Waals surface area (Å²) < 4.78 is 0. The molecule has 0 heterocycles. The molecule has 0 amide bonds. The summed E-state index contributed by atoms with van der Waals surface area (Å²) in [7, 11) is 3.90. The SMILES string of the molecule is CCCCCC#CC(N(C)C)C(C)(C)O. The normalized spacial score (nSPS) is 13.5. The minimum atomic E-state index is -0.763. The van der Waals surface area contributed by atoms with Crippen LogP contribution in [-0.4, -0.2) is 35.7 Å². The molecule has 1 unspecified atom stereocenters. The third-order valence-electron chi connectivity index (χ3n) is 2.33. The molecule has 0 aromatic carbocycles. The first-order chi connectivity index (χ1) is 6.89. The number of hydrogen-bond donors (Lipinski definition) is 1. The second-order valence-corrected chi connectivity index (χ2v) is 4.80. The van der Waals surface area contributed by atoms with Gasteiger partial charge in [0.1, 0.15) is 0 Å². The summed E-state index contributed by atoms with van der Waals surface area (Å²) in [4.78, 5) is 1.97. The van der Waals surface area contributed by atoms with Gasteiger partial charge in [-0.15, -0.1) is 5.92 Å². The van der Waals surface area contributed by atoms with Crippen molar-refractivity contribution in [3.05, 3.63) is 0 Å². The fourth-order valence-electron chi connectivity index (χ4n) is 1.57. The Morgan fingerprint density at radius 3 is 2.27 bits per heavy atom. The van der Waals surface area contributed by atoms with Crippen molar-refractivity contribution in [2.75, 3.05) is 14.1 Å². The Hall–Kier alpha value is -0.520. The van der Waals surface area contributed by atoms with Gasteiger partial charge in [0.05, 0.1) is 11.6 Å². The molecule has 2 nitrogen and oxygen atoms in total. The van der Waals surface area contributed by atoms with Crippen molar-refractivity contribution >= 4 is 0 Å². The number of unbranched alkanes of at least 4 members (excludes halogenated alkanes) is 3. The van der Waals surface area contributed by atoms with Crippen molar-refractivity contribution in [3.8, 4) is 11.8 Å². The van der Waals surface area contributed by atoms with Crippen LogP contribution in [0.5, 0.6) is 0 Å². The lowest BCUT2D eigenvalue weighted by molar-refractivity contribution is 0.0229. The summed E-state index contributed by atoms with van der Waals surface area (Å²) in [6.07, 6.45) is 4.57. The van der Waals surface area contributed by atoms with Gasteiger partial charge in [0, 0.05) is 6.42 Å². The highest BCUT2D eigenvalue weighted by Gasteiger charge is 2.26. The van der Waals surface area contributed by atoms with E-state index in [1.807, 2.05) is 19.0 Å². The van der Waals surface area contributed by atoms with Gasteiger partial charge in [0.25, 0.3) is 0 Å². The molecular formula is C13H25NO. The molecule has 0 spiro atoms. The van der Waals surface area contributed by atoms with E-state index in [1.165, 1.54) is 12.8 Å². The van der Waals surface area contributed by atoms with E-state index >= 15 is 0 Å². The fraction of sp³-hybridized carbons (Fsp3) is 0.846. The van der Waals surface area contributed by atoms with Crippen molar-refractivity contribution in [1.29, 1.82) is 0 Å². The predicted octanol–water partition coefficient (Wildman–Crippen LogP) is 2.27. The third-order valence-corrected chi connectivity index (χ3v) is 2.33. The lowest BCUT2D eigenvalue weighted by Gasteiger charge is -2.30. The first-order valence-electron chi connectivity index (χ1n) is 5.76. The molecule has 88 valence electrons. The van der Waals surface area contributed by atoms with E-state index in [9.17, 15) is 5.11 Å². The van der Waals surface area contributed by atoms with Gasteiger partial charge in [-0.3, -0.25) is 4.90 Å². The average Bonchev–Trinajstić information content (AvgIpc) is 2.08. The molecule has 2 heteroatoms. The predicted molar refractivity (Wildman–Crippen MR) is 65.7 cm³/mol. The Morgan fingerprint density at radius 2 is 1.87 bits per heavy atom. The standard InChI is InChI=1S/C13H25NO/c1-6-7-8-9-10-11-12(14(4)5)13(2,3)15/h12,15H,6-9H2,1-5H3. The first-order valence-corrected chi connectivity index (χ1v) is 5.76. The van der Waals surface area contributed by atoms with E-state index in [4.69, 9.17) is 0 Å². The maximum atomic E-state index is 9.91. The Morgan fingerprint density at radius 1 is 1.27 bits per heavy atom. The molecule has 1 atom stereocenters. The van der Waals surface area contributed by atoms with Crippen molar-refractivity contribution in [1.82, 2.24) is 4.90 Å². The maximum Gasteiger partial charge on any atom is 0.0995 e. The first kappa shape index (κ1) is 14.5. The van der Waals surface area contributed by atoms with E-state index in [0.29, 0.717) is 0 Å². The minimum absolute atomic E-state index is 0.0841. The molecule has 0 aliphatic rings. The van der Waals surface area contributed by atoms with E-state index in [0.717, 1.165) is 12.8 Å². The molecule has 0 fully saturated rings. The Labute approximate surface area is 94.7 Å². The van der Waals surface area contributed by atoms with Crippen LogP contribution in [0.25, 0.3) is 0 Å². The van der Waals surface area contributed by atoms with Gasteiger partial charge in [-0.25, -0.2) is 0 Å². The molecule has 0 saturated heterocycles. The van der Waals surface area contributed by atoms with Crippen molar-refractivity contribution < 1.29 is 5.11 Å². The van der Waals surface area contributed by atoms with Crippen LogP contribution in [0.4, 0.5) is 0 Å². The topological polar surface area (TPSA) is 23.5 Å². The number of nitrogens with zero attached hydrogens (tertiary/aromatic N) is 1. The average molecular weight is 211 g/mol. The van der Waals surface area contributed by atoms with Crippen LogP contribution in [0.15, 0.2) is 0 Å². The summed E-state index contributed by atoms with van der Waals surface area (Å²) >= 11 is 0. The van der Waals surface area contributed by atoms with Gasteiger partial charge in [0.15, 0.2) is 0 Å². The number of likely N-dealkylation sites (N-methyl/N-ethyl adjacent to an activating group) is 1. The molecule has 0 saturated carbocycles. The molecule has 0 radical (unpaired) electrons. The highest BCUT2D eigenvalue weighted by atomic mass is 16.3. The Kier molecular flexibility index (Phi) is 6.63. The molecule has 0 bridgehead atoms. The molecule has 15 heavy (non-hydrogen) atoms. The zero-order valence-corrected chi connectivity index (χ0v) is 10.8.